The smallest absolute Gasteiger partial charge is 0.158 e. The Morgan fingerprint density at radius 1 is 0.676 bits per heavy atom. The van der Waals surface area contributed by atoms with Crippen LogP contribution in [0, 0.1) is 16.2 Å². The Morgan fingerprint density at radius 3 is 1.32 bits per heavy atom. The molecule has 0 spiro atoms. The third kappa shape index (κ3) is 14.4. The molecular weight excluding hydrogens is 581 g/mol. The zero-order chi connectivity index (χ0) is 28.0. The molecule has 5 N–H and O–H groups in total. The summed E-state index contributed by atoms with van der Waals surface area (Å²) in [6.07, 6.45) is 0. The Kier molecular flexibility index (Phi) is 16.4. The molecule has 0 aliphatic rings. The van der Waals surface area contributed by atoms with Gasteiger partial charge in [0.2, 0.25) is 0 Å². The lowest BCUT2D eigenvalue weighted by Crippen LogP contribution is -2.18. The van der Waals surface area contributed by atoms with Crippen LogP contribution in [0.25, 0.3) is 0 Å². The fraction of sp³-hybridized carbons (Fsp3) is 0.478. The second-order valence-electron chi connectivity index (χ2n) is 8.05. The molecule has 14 heteroatoms. The number of thioether (sulfide) groups is 4. The van der Waals surface area contributed by atoms with Crippen LogP contribution in [0.3, 0.4) is 0 Å². The SMILES string of the molecule is CN(C)C(=N)SCc1ccc(CSC(=N)N)s1.CN=C(SCc1ccc(CSC(=N)N(C)C)s1)N(C)C. The van der Waals surface area contributed by atoms with E-state index in [1.54, 1.807) is 39.8 Å². The molecule has 2 heterocycles. The van der Waals surface area contributed by atoms with Crippen molar-refractivity contribution in [3.63, 3.8) is 0 Å². The van der Waals surface area contributed by atoms with Crippen LogP contribution in [0.1, 0.15) is 19.5 Å². The lowest BCUT2D eigenvalue weighted by atomic mass is 10.5. The van der Waals surface area contributed by atoms with Crippen LogP contribution in [0.5, 0.6) is 0 Å². The standard InChI is InChI=1S/C13H22N4S3.C10H16N4S3/c1-15-13(17(4)5)19-9-11-7-6-10(20-11)8-18-12(14)16(2)3;1-14(2)10(13)16-6-8-4-3-7(17-8)5-15-9(11)12/h6-7,14H,8-9H2,1-5H3;3-4,13H,5-6H2,1-2H3,(H3,11,12). The van der Waals surface area contributed by atoms with Gasteiger partial charge in [-0.1, -0.05) is 47.0 Å². The maximum atomic E-state index is 7.78. The molecule has 0 saturated carbocycles. The Balaban J connectivity index is 0.000000375. The van der Waals surface area contributed by atoms with Crippen LogP contribution in [0.4, 0.5) is 0 Å². The lowest BCUT2D eigenvalue weighted by molar-refractivity contribution is 0.632. The number of rotatable bonds is 8. The summed E-state index contributed by atoms with van der Waals surface area (Å²) in [6, 6.07) is 8.48. The average molecular weight is 619 g/mol. The number of nitrogens with zero attached hydrogens (tertiary/aromatic N) is 4. The summed E-state index contributed by atoms with van der Waals surface area (Å²) < 4.78 is 0. The molecule has 37 heavy (non-hydrogen) atoms. The van der Waals surface area contributed by atoms with Gasteiger partial charge >= 0.3 is 0 Å². The fourth-order valence-corrected chi connectivity index (χ4v) is 7.65. The summed E-state index contributed by atoms with van der Waals surface area (Å²) in [5.41, 5.74) is 5.29. The van der Waals surface area contributed by atoms with Gasteiger partial charge in [-0.15, -0.1) is 22.7 Å². The molecule has 206 valence electrons. The molecular formula is C23H38N8S6. The van der Waals surface area contributed by atoms with Crippen molar-refractivity contribution in [3.8, 4) is 0 Å². The molecule has 8 nitrogen and oxygen atoms in total. The molecule has 0 unspecified atom stereocenters. The zero-order valence-corrected chi connectivity index (χ0v) is 27.4. The van der Waals surface area contributed by atoms with E-state index >= 15 is 0 Å². The van der Waals surface area contributed by atoms with Gasteiger partial charge in [-0.2, -0.15) is 0 Å². The summed E-state index contributed by atoms with van der Waals surface area (Å²) in [5, 5.41) is 25.0. The highest BCUT2D eigenvalue weighted by Gasteiger charge is 2.08. The van der Waals surface area contributed by atoms with Crippen molar-refractivity contribution in [2.75, 3.05) is 49.3 Å². The summed E-state index contributed by atoms with van der Waals surface area (Å²) in [7, 11) is 13.4. The summed E-state index contributed by atoms with van der Waals surface area (Å²) >= 11 is 9.72. The van der Waals surface area contributed by atoms with Gasteiger partial charge in [0.15, 0.2) is 20.7 Å². The largest absolute Gasteiger partial charge is 0.379 e. The zero-order valence-electron chi connectivity index (χ0n) is 22.5. The van der Waals surface area contributed by atoms with Gasteiger partial charge < -0.3 is 20.4 Å². The van der Waals surface area contributed by atoms with E-state index < -0.39 is 0 Å². The Morgan fingerprint density at radius 2 is 1.03 bits per heavy atom. The van der Waals surface area contributed by atoms with Gasteiger partial charge in [-0.3, -0.25) is 21.2 Å². The van der Waals surface area contributed by atoms with Crippen molar-refractivity contribution in [1.29, 1.82) is 16.2 Å². The van der Waals surface area contributed by atoms with Crippen molar-refractivity contribution in [2.24, 2.45) is 10.7 Å². The van der Waals surface area contributed by atoms with Crippen molar-refractivity contribution in [3.05, 3.63) is 43.8 Å². The molecule has 0 bridgehead atoms. The van der Waals surface area contributed by atoms with Crippen LogP contribution in [-0.2, 0) is 23.0 Å². The molecule has 2 aromatic rings. The van der Waals surface area contributed by atoms with E-state index in [0.29, 0.717) is 10.3 Å². The van der Waals surface area contributed by atoms with Gasteiger partial charge in [0.1, 0.15) is 0 Å². The molecule has 0 fully saturated rings. The minimum absolute atomic E-state index is 0.156. The van der Waals surface area contributed by atoms with Crippen LogP contribution in [0.15, 0.2) is 29.3 Å². The fourth-order valence-electron chi connectivity index (χ4n) is 2.37. The van der Waals surface area contributed by atoms with Crippen molar-refractivity contribution in [2.45, 2.75) is 23.0 Å². The first-order valence-electron chi connectivity index (χ1n) is 11.1. The molecule has 0 aromatic carbocycles. The molecule has 2 aromatic heterocycles. The van der Waals surface area contributed by atoms with Crippen LogP contribution in [0.2, 0.25) is 0 Å². The van der Waals surface area contributed by atoms with E-state index in [-0.39, 0.29) is 5.17 Å². The molecule has 0 aliphatic carbocycles. The van der Waals surface area contributed by atoms with E-state index in [4.69, 9.17) is 22.0 Å². The van der Waals surface area contributed by atoms with E-state index in [9.17, 15) is 0 Å². The summed E-state index contributed by atoms with van der Waals surface area (Å²) in [5.74, 6) is 3.41. The van der Waals surface area contributed by atoms with E-state index in [1.165, 1.54) is 43.0 Å². The Hall–Kier alpha value is -1.32. The predicted molar refractivity (Wildman–Crippen MR) is 176 cm³/mol. The van der Waals surface area contributed by atoms with Crippen LogP contribution in [-0.4, -0.2) is 84.7 Å². The maximum Gasteiger partial charge on any atom is 0.158 e. The molecule has 0 saturated heterocycles. The number of hydrogen-bond acceptors (Lipinski definition) is 10. The number of nitrogens with one attached hydrogen (secondary N) is 3. The van der Waals surface area contributed by atoms with Gasteiger partial charge in [-0.05, 0) is 24.3 Å². The second-order valence-corrected chi connectivity index (χ2v) is 14.4. The van der Waals surface area contributed by atoms with Gasteiger partial charge in [-0.25, -0.2) is 0 Å². The van der Waals surface area contributed by atoms with Crippen LogP contribution >= 0.6 is 69.7 Å². The Labute approximate surface area is 246 Å². The lowest BCUT2D eigenvalue weighted by Gasteiger charge is -2.13. The van der Waals surface area contributed by atoms with Crippen molar-refractivity contribution in [1.82, 2.24) is 14.7 Å². The highest BCUT2D eigenvalue weighted by molar-refractivity contribution is 8.13. The van der Waals surface area contributed by atoms with E-state index in [1.807, 2.05) is 70.5 Å². The van der Waals surface area contributed by atoms with Crippen LogP contribution < -0.4 is 5.73 Å². The minimum atomic E-state index is 0.156. The number of thiophene rings is 2. The first-order chi connectivity index (χ1) is 17.4. The monoisotopic (exact) mass is 618 g/mol. The number of nitrogens with two attached hydrogens (primary N) is 1. The highest BCUT2D eigenvalue weighted by Crippen LogP contribution is 2.27. The van der Waals surface area contributed by atoms with E-state index in [0.717, 1.165) is 28.2 Å². The van der Waals surface area contributed by atoms with Crippen molar-refractivity contribution < 1.29 is 0 Å². The molecule has 2 rings (SSSR count). The van der Waals surface area contributed by atoms with Gasteiger partial charge in [0, 0.05) is 91.9 Å². The second kappa shape index (κ2) is 18.1. The maximum absolute atomic E-state index is 7.78. The highest BCUT2D eigenvalue weighted by atomic mass is 32.2. The molecule has 0 aliphatic heterocycles. The molecule has 0 atom stereocenters. The third-order valence-corrected chi connectivity index (χ3v) is 11.4. The quantitative estimate of drug-likeness (QED) is 0.215. The van der Waals surface area contributed by atoms with Gasteiger partial charge in [0.25, 0.3) is 0 Å². The van der Waals surface area contributed by atoms with Gasteiger partial charge in [0.05, 0.1) is 0 Å². The first-order valence-corrected chi connectivity index (χ1v) is 16.7. The third-order valence-electron chi connectivity index (χ3n) is 4.24. The molecule has 0 amide bonds. The van der Waals surface area contributed by atoms with E-state index in [2.05, 4.69) is 29.3 Å². The number of hydrogen-bond donors (Lipinski definition) is 4. The summed E-state index contributed by atoms with van der Waals surface area (Å²) in [4.78, 5) is 15.1. The normalized spacial score (nSPS) is 10.9. The Bertz CT molecular complexity index is 1030. The molecule has 0 radical (unpaired) electrons. The average Bonchev–Trinajstić information content (AvgIpc) is 3.49. The first kappa shape index (κ1) is 33.7. The summed E-state index contributed by atoms with van der Waals surface area (Å²) in [6.45, 7) is 0. The number of aliphatic imine (C=N–C) groups is 1. The topological polar surface area (TPSA) is 120 Å². The predicted octanol–water partition coefficient (Wildman–Crippen LogP) is 5.86. The van der Waals surface area contributed by atoms with Crippen molar-refractivity contribution >= 4 is 90.4 Å². The number of amidine groups is 4. The minimum Gasteiger partial charge on any atom is -0.379 e.